The van der Waals surface area contributed by atoms with E-state index in [0.29, 0.717) is 0 Å². The molecule has 1 atom stereocenters. The van der Waals surface area contributed by atoms with Crippen LogP contribution in [0.15, 0.2) is 17.5 Å². The Morgan fingerprint density at radius 1 is 1.56 bits per heavy atom. The Labute approximate surface area is 110 Å². The van der Waals surface area contributed by atoms with Crippen molar-refractivity contribution in [2.75, 3.05) is 13.7 Å². The van der Waals surface area contributed by atoms with Gasteiger partial charge in [-0.05, 0) is 25.3 Å². The molecule has 5 nitrogen and oxygen atoms in total. The lowest BCUT2D eigenvalue weighted by molar-refractivity contribution is -0.131. The number of carbonyl (C=O) groups excluding carboxylic acids is 2. The highest BCUT2D eigenvalue weighted by Crippen LogP contribution is 2.27. The van der Waals surface area contributed by atoms with Gasteiger partial charge in [-0.25, -0.2) is 0 Å². The van der Waals surface area contributed by atoms with Crippen LogP contribution in [0, 0.1) is 0 Å². The normalized spacial score (nSPS) is 13.1. The summed E-state index contributed by atoms with van der Waals surface area (Å²) in [6.07, 6.45) is 0. The van der Waals surface area contributed by atoms with Gasteiger partial charge in [0.2, 0.25) is 11.8 Å². The topological polar surface area (TPSA) is 81.4 Å². The Morgan fingerprint density at radius 2 is 2.22 bits per heavy atom. The number of hydrogen-bond acceptors (Lipinski definition) is 4. The maximum Gasteiger partial charge on any atom is 0.242 e. The molecule has 1 aromatic heterocycles. The van der Waals surface area contributed by atoms with Crippen LogP contribution in [0.1, 0.15) is 18.7 Å². The molecule has 6 heteroatoms. The zero-order chi connectivity index (χ0) is 13.8. The molecule has 3 N–H and O–H groups in total. The first-order chi connectivity index (χ1) is 8.39. The van der Waals surface area contributed by atoms with E-state index >= 15 is 0 Å². The molecule has 0 saturated heterocycles. The van der Waals surface area contributed by atoms with Gasteiger partial charge >= 0.3 is 0 Å². The van der Waals surface area contributed by atoms with E-state index in [1.54, 1.807) is 13.8 Å². The highest BCUT2D eigenvalue weighted by Gasteiger charge is 2.33. The average molecular weight is 270 g/mol. The van der Waals surface area contributed by atoms with Crippen molar-refractivity contribution >= 4 is 23.2 Å². The molecule has 1 aromatic rings. The first-order valence-corrected chi connectivity index (χ1v) is 6.40. The van der Waals surface area contributed by atoms with Crippen LogP contribution in [0.25, 0.3) is 0 Å². The van der Waals surface area contributed by atoms with Gasteiger partial charge in [-0.2, -0.15) is 0 Å². The summed E-state index contributed by atoms with van der Waals surface area (Å²) in [6, 6.07) is 2.97. The first kappa shape index (κ1) is 14.7. The smallest absolute Gasteiger partial charge is 0.242 e. The number of thiophene rings is 1. The second kappa shape index (κ2) is 5.97. The van der Waals surface area contributed by atoms with Crippen LogP contribution in [0.4, 0.5) is 0 Å². The number of ether oxygens (including phenoxy) is 1. The van der Waals surface area contributed by atoms with Gasteiger partial charge in [0.1, 0.15) is 6.04 Å². The molecular formula is C12H18N2O3S. The van der Waals surface area contributed by atoms with E-state index in [4.69, 9.17) is 10.5 Å². The van der Waals surface area contributed by atoms with Gasteiger partial charge in [0.05, 0.1) is 12.0 Å². The van der Waals surface area contributed by atoms with Gasteiger partial charge in [0.25, 0.3) is 0 Å². The van der Waals surface area contributed by atoms with Crippen LogP contribution < -0.4 is 11.1 Å². The third kappa shape index (κ3) is 3.30. The number of hydrogen-bond donors (Lipinski definition) is 2. The van der Waals surface area contributed by atoms with E-state index in [1.165, 1.54) is 18.4 Å². The number of methoxy groups -OCH3 is 1. The minimum absolute atomic E-state index is 0.0710. The van der Waals surface area contributed by atoms with Crippen molar-refractivity contribution in [1.29, 1.82) is 0 Å². The predicted octanol–water partition coefficient (Wildman–Crippen LogP) is 0.642. The van der Waals surface area contributed by atoms with E-state index in [0.717, 1.165) is 4.88 Å². The maximum atomic E-state index is 12.2. The van der Waals surface area contributed by atoms with Gasteiger partial charge in [-0.15, -0.1) is 11.3 Å². The Morgan fingerprint density at radius 3 is 2.67 bits per heavy atom. The van der Waals surface area contributed by atoms with Gasteiger partial charge < -0.3 is 15.8 Å². The monoisotopic (exact) mass is 270 g/mol. The Hall–Kier alpha value is -1.40. The summed E-state index contributed by atoms with van der Waals surface area (Å²) in [5, 5.41) is 4.52. The van der Waals surface area contributed by atoms with Crippen molar-refractivity contribution in [1.82, 2.24) is 5.32 Å². The van der Waals surface area contributed by atoms with Crippen LogP contribution in [0.2, 0.25) is 0 Å². The molecule has 0 unspecified atom stereocenters. The van der Waals surface area contributed by atoms with Crippen molar-refractivity contribution in [2.24, 2.45) is 5.73 Å². The molecule has 0 radical (unpaired) electrons. The van der Waals surface area contributed by atoms with Crippen LogP contribution in [0.3, 0.4) is 0 Å². The SMILES string of the molecule is COC[C@H](NC(=O)C(C)(C)c1cccs1)C(N)=O. The molecule has 1 heterocycles. The lowest BCUT2D eigenvalue weighted by atomic mass is 9.90. The molecule has 0 bridgehead atoms. The second-order valence-electron chi connectivity index (χ2n) is 4.49. The Kier molecular flexibility index (Phi) is 4.86. The first-order valence-electron chi connectivity index (χ1n) is 5.52. The fourth-order valence-electron chi connectivity index (χ4n) is 1.45. The minimum Gasteiger partial charge on any atom is -0.382 e. The van der Waals surface area contributed by atoms with Crippen molar-refractivity contribution in [3.8, 4) is 0 Å². The molecule has 0 fully saturated rings. The van der Waals surface area contributed by atoms with E-state index in [9.17, 15) is 9.59 Å². The molecular weight excluding hydrogens is 252 g/mol. The lowest BCUT2D eigenvalue weighted by Crippen LogP contribution is -2.52. The van der Waals surface area contributed by atoms with E-state index in [-0.39, 0.29) is 12.5 Å². The Balaban J connectivity index is 2.78. The third-order valence-electron chi connectivity index (χ3n) is 2.69. The highest BCUT2D eigenvalue weighted by molar-refractivity contribution is 7.10. The zero-order valence-electron chi connectivity index (χ0n) is 10.7. The fourth-order valence-corrected chi connectivity index (χ4v) is 2.29. The highest BCUT2D eigenvalue weighted by atomic mass is 32.1. The molecule has 0 spiro atoms. The third-order valence-corrected chi connectivity index (χ3v) is 3.88. The molecule has 0 aromatic carbocycles. The number of primary amides is 1. The fraction of sp³-hybridized carbons (Fsp3) is 0.500. The number of carbonyl (C=O) groups is 2. The summed E-state index contributed by atoms with van der Waals surface area (Å²) in [7, 11) is 1.45. The van der Waals surface area contributed by atoms with Gasteiger partial charge in [-0.3, -0.25) is 9.59 Å². The largest absolute Gasteiger partial charge is 0.382 e. The molecule has 2 amide bonds. The summed E-state index contributed by atoms with van der Waals surface area (Å²) >= 11 is 1.50. The predicted molar refractivity (Wildman–Crippen MR) is 70.3 cm³/mol. The quantitative estimate of drug-likeness (QED) is 0.796. The van der Waals surface area contributed by atoms with Gasteiger partial charge in [-0.1, -0.05) is 6.07 Å². The van der Waals surface area contributed by atoms with Crippen LogP contribution in [-0.2, 0) is 19.7 Å². The van der Waals surface area contributed by atoms with Crippen molar-refractivity contribution in [3.05, 3.63) is 22.4 Å². The molecule has 0 aliphatic carbocycles. The number of nitrogens with two attached hydrogens (primary N) is 1. The van der Waals surface area contributed by atoms with Crippen LogP contribution in [-0.4, -0.2) is 31.6 Å². The molecule has 1 rings (SSSR count). The second-order valence-corrected chi connectivity index (χ2v) is 5.43. The lowest BCUT2D eigenvalue weighted by Gasteiger charge is -2.25. The molecule has 0 saturated carbocycles. The van der Waals surface area contributed by atoms with Gasteiger partial charge in [0.15, 0.2) is 0 Å². The summed E-state index contributed by atoms with van der Waals surface area (Å²) in [5.41, 5.74) is 4.50. The summed E-state index contributed by atoms with van der Waals surface area (Å²) in [5.74, 6) is -0.849. The number of rotatable bonds is 6. The molecule has 100 valence electrons. The Bertz CT molecular complexity index is 415. The zero-order valence-corrected chi connectivity index (χ0v) is 11.5. The summed E-state index contributed by atoms with van der Waals surface area (Å²) < 4.78 is 4.86. The van der Waals surface area contributed by atoms with Gasteiger partial charge in [0, 0.05) is 12.0 Å². The van der Waals surface area contributed by atoms with E-state index < -0.39 is 17.4 Å². The minimum atomic E-state index is -0.804. The molecule has 0 aliphatic rings. The van der Waals surface area contributed by atoms with Crippen molar-refractivity contribution < 1.29 is 14.3 Å². The number of nitrogens with one attached hydrogen (secondary N) is 1. The van der Waals surface area contributed by atoms with Crippen molar-refractivity contribution in [3.63, 3.8) is 0 Å². The molecule has 18 heavy (non-hydrogen) atoms. The summed E-state index contributed by atoms with van der Waals surface area (Å²) in [6.45, 7) is 3.68. The van der Waals surface area contributed by atoms with Crippen LogP contribution >= 0.6 is 11.3 Å². The van der Waals surface area contributed by atoms with E-state index in [2.05, 4.69) is 5.32 Å². The molecule has 0 aliphatic heterocycles. The van der Waals surface area contributed by atoms with Crippen LogP contribution in [0.5, 0.6) is 0 Å². The average Bonchev–Trinajstić information content (AvgIpc) is 2.81. The van der Waals surface area contributed by atoms with Crippen molar-refractivity contribution in [2.45, 2.75) is 25.3 Å². The standard InChI is InChI=1S/C12H18N2O3S/c1-12(2,9-5-4-6-18-9)11(16)14-8(7-17-3)10(13)15/h4-6,8H,7H2,1-3H3,(H2,13,15)(H,14,16)/t8-/m0/s1. The maximum absolute atomic E-state index is 12.2. The van der Waals surface area contributed by atoms with E-state index in [1.807, 2.05) is 17.5 Å². The summed E-state index contributed by atoms with van der Waals surface area (Å²) in [4.78, 5) is 24.3. The number of amides is 2.